The lowest BCUT2D eigenvalue weighted by atomic mass is 10.1. The molecular weight excluding hydrogens is 519 g/mol. The van der Waals surface area contributed by atoms with Crippen molar-refractivity contribution in [1.29, 1.82) is 0 Å². The Morgan fingerprint density at radius 2 is 1.77 bits per heavy atom. The average Bonchev–Trinajstić information content (AvgIpc) is 2.78. The van der Waals surface area contributed by atoms with Crippen molar-refractivity contribution in [2.75, 3.05) is 24.2 Å². The fourth-order valence-corrected chi connectivity index (χ4v) is 4.93. The number of carbonyl (C=O) groups is 2. The number of carbonyl (C=O) groups excluding carboxylic acids is 2. The molecule has 35 heavy (non-hydrogen) atoms. The first-order valence-corrected chi connectivity index (χ1v) is 13.1. The minimum absolute atomic E-state index is 0.0150. The highest BCUT2D eigenvalue weighted by Gasteiger charge is 2.33. The van der Waals surface area contributed by atoms with E-state index < -0.39 is 39.3 Å². The number of rotatable bonds is 10. The van der Waals surface area contributed by atoms with Gasteiger partial charge in [0.1, 0.15) is 12.6 Å². The number of nitrogens with one attached hydrogen (secondary N) is 1. The molecule has 2 amide bonds. The van der Waals surface area contributed by atoms with Crippen molar-refractivity contribution in [2.45, 2.75) is 32.9 Å². The quantitative estimate of drug-likeness (QED) is 0.359. The number of sulfonamides is 1. The van der Waals surface area contributed by atoms with E-state index in [1.165, 1.54) is 24.1 Å². The van der Waals surface area contributed by atoms with E-state index in [4.69, 9.17) is 23.2 Å². The summed E-state index contributed by atoms with van der Waals surface area (Å²) in [6.07, 6.45) is 1.12. The van der Waals surface area contributed by atoms with Crippen molar-refractivity contribution in [3.8, 4) is 0 Å². The van der Waals surface area contributed by atoms with Crippen LogP contribution in [0.4, 0.5) is 11.4 Å². The molecule has 0 spiro atoms. The Balaban J connectivity index is 2.57. The van der Waals surface area contributed by atoms with Crippen LogP contribution in [0.15, 0.2) is 36.4 Å². The van der Waals surface area contributed by atoms with Crippen LogP contribution in [-0.4, -0.2) is 55.9 Å². The summed E-state index contributed by atoms with van der Waals surface area (Å²) in [6, 6.07) is 7.58. The molecule has 2 rings (SSSR count). The van der Waals surface area contributed by atoms with Gasteiger partial charge in [0.15, 0.2) is 0 Å². The number of hydrogen-bond donors (Lipinski definition) is 1. The maximum atomic E-state index is 13.6. The molecule has 0 heterocycles. The highest BCUT2D eigenvalue weighted by molar-refractivity contribution is 7.92. The summed E-state index contributed by atoms with van der Waals surface area (Å²) in [7, 11) is -2.63. The Hall–Kier alpha value is -2.89. The topological polar surface area (TPSA) is 130 Å². The maximum Gasteiger partial charge on any atom is 0.271 e. The largest absolute Gasteiger partial charge is 0.357 e. The fourth-order valence-electron chi connectivity index (χ4n) is 3.51. The van der Waals surface area contributed by atoms with Gasteiger partial charge in [-0.2, -0.15) is 0 Å². The van der Waals surface area contributed by atoms with Gasteiger partial charge >= 0.3 is 0 Å². The van der Waals surface area contributed by atoms with Crippen molar-refractivity contribution in [2.24, 2.45) is 0 Å². The molecule has 0 saturated heterocycles. The van der Waals surface area contributed by atoms with Gasteiger partial charge in [-0.25, -0.2) is 8.42 Å². The number of benzene rings is 2. The number of likely N-dealkylation sites (N-methyl/N-ethyl adjacent to an activating group) is 1. The second kappa shape index (κ2) is 11.7. The number of nitrogens with zero attached hydrogens (tertiary/aromatic N) is 3. The van der Waals surface area contributed by atoms with Crippen molar-refractivity contribution in [3.63, 3.8) is 0 Å². The van der Waals surface area contributed by atoms with E-state index in [9.17, 15) is 28.1 Å². The predicted octanol–water partition coefficient (Wildman–Crippen LogP) is 3.53. The van der Waals surface area contributed by atoms with E-state index in [0.717, 1.165) is 16.6 Å². The van der Waals surface area contributed by atoms with E-state index in [0.29, 0.717) is 11.1 Å². The summed E-state index contributed by atoms with van der Waals surface area (Å²) in [5.41, 5.74) is 0.457. The van der Waals surface area contributed by atoms with Gasteiger partial charge in [-0.05, 0) is 31.0 Å². The molecule has 0 aromatic heterocycles. The molecule has 2 aromatic rings. The first-order chi connectivity index (χ1) is 16.3. The number of halogens is 2. The molecule has 2 aromatic carbocycles. The van der Waals surface area contributed by atoms with Crippen LogP contribution in [0.25, 0.3) is 0 Å². The lowest BCUT2D eigenvalue weighted by Gasteiger charge is -2.33. The normalized spacial score (nSPS) is 12.1. The lowest BCUT2D eigenvalue weighted by Crippen LogP contribution is -2.51. The summed E-state index contributed by atoms with van der Waals surface area (Å²) < 4.78 is 26.2. The summed E-state index contributed by atoms with van der Waals surface area (Å²) in [4.78, 5) is 38.0. The van der Waals surface area contributed by atoms with Crippen LogP contribution in [0.3, 0.4) is 0 Å². The Morgan fingerprint density at radius 3 is 2.26 bits per heavy atom. The van der Waals surface area contributed by atoms with Crippen LogP contribution in [0.2, 0.25) is 10.0 Å². The molecule has 1 N–H and O–H groups in total. The van der Waals surface area contributed by atoms with Gasteiger partial charge in [0.2, 0.25) is 21.8 Å². The zero-order chi connectivity index (χ0) is 26.5. The number of nitro groups is 1. The van der Waals surface area contributed by atoms with E-state index >= 15 is 0 Å². The second-order valence-corrected chi connectivity index (χ2v) is 10.5. The third kappa shape index (κ3) is 6.83. The van der Waals surface area contributed by atoms with Gasteiger partial charge in [0, 0.05) is 41.3 Å². The monoisotopic (exact) mass is 544 g/mol. The number of amides is 2. The van der Waals surface area contributed by atoms with Crippen LogP contribution >= 0.6 is 23.2 Å². The average molecular weight is 545 g/mol. The SMILES string of the molecule is CC[C@H](C(=O)NC)N(Cc1c(Cl)cccc1Cl)C(=O)CN(c1cc([N+](=O)[O-])ccc1C)S(C)(=O)=O. The van der Waals surface area contributed by atoms with Crippen LogP contribution < -0.4 is 9.62 Å². The molecule has 10 nitrogen and oxygen atoms in total. The second-order valence-electron chi connectivity index (χ2n) is 7.76. The number of aryl methyl sites for hydroxylation is 1. The molecule has 0 radical (unpaired) electrons. The molecule has 190 valence electrons. The van der Waals surface area contributed by atoms with Gasteiger partial charge in [-0.1, -0.05) is 42.3 Å². The fraction of sp³-hybridized carbons (Fsp3) is 0.364. The van der Waals surface area contributed by atoms with Crippen molar-refractivity contribution >= 4 is 56.4 Å². The zero-order valence-electron chi connectivity index (χ0n) is 19.6. The van der Waals surface area contributed by atoms with Crippen LogP contribution in [0.5, 0.6) is 0 Å². The van der Waals surface area contributed by atoms with Gasteiger partial charge in [-0.15, -0.1) is 0 Å². The Morgan fingerprint density at radius 1 is 1.17 bits per heavy atom. The standard InChI is InChI=1S/C22H26Cl2N4O6S/c1-5-19(22(30)25-3)26(12-16-17(23)7-6-8-18(16)24)21(29)13-27(35(4,33)34)20-11-15(28(31)32)10-9-14(20)2/h6-11,19H,5,12-13H2,1-4H3,(H,25,30)/t19-/m1/s1. The molecule has 0 aliphatic carbocycles. The molecule has 1 atom stereocenters. The van der Waals surface area contributed by atoms with Crippen LogP contribution in [-0.2, 0) is 26.2 Å². The highest BCUT2D eigenvalue weighted by Crippen LogP contribution is 2.29. The van der Waals surface area contributed by atoms with Crippen LogP contribution in [0, 0.1) is 17.0 Å². The smallest absolute Gasteiger partial charge is 0.271 e. The van der Waals surface area contributed by atoms with E-state index in [2.05, 4.69) is 5.32 Å². The Labute approximate surface area is 214 Å². The summed E-state index contributed by atoms with van der Waals surface area (Å²) in [5.74, 6) is -1.17. The molecule has 0 aliphatic rings. The molecule has 0 fully saturated rings. The third-order valence-corrected chi connectivity index (χ3v) is 7.21. The lowest BCUT2D eigenvalue weighted by molar-refractivity contribution is -0.384. The summed E-state index contributed by atoms with van der Waals surface area (Å²) in [6.45, 7) is 2.42. The molecular formula is C22H26Cl2N4O6S. The highest BCUT2D eigenvalue weighted by atomic mass is 35.5. The molecule has 0 bridgehead atoms. The molecule has 0 unspecified atom stereocenters. The number of nitro benzene ring substituents is 1. The van der Waals surface area contributed by atoms with Crippen molar-refractivity contribution in [3.05, 3.63) is 67.7 Å². The first-order valence-electron chi connectivity index (χ1n) is 10.5. The van der Waals surface area contributed by atoms with E-state index in [1.807, 2.05) is 0 Å². The van der Waals surface area contributed by atoms with Gasteiger partial charge in [0.25, 0.3) is 5.69 Å². The maximum absolute atomic E-state index is 13.6. The zero-order valence-corrected chi connectivity index (χ0v) is 21.9. The Bertz CT molecular complexity index is 1220. The van der Waals surface area contributed by atoms with Gasteiger partial charge < -0.3 is 10.2 Å². The number of hydrogen-bond acceptors (Lipinski definition) is 6. The predicted molar refractivity (Wildman–Crippen MR) is 135 cm³/mol. The first kappa shape index (κ1) is 28.3. The molecule has 0 aliphatic heterocycles. The summed E-state index contributed by atoms with van der Waals surface area (Å²) >= 11 is 12.6. The van der Waals surface area contributed by atoms with Crippen molar-refractivity contribution in [1.82, 2.24) is 10.2 Å². The molecule has 13 heteroatoms. The number of non-ortho nitro benzene ring substituents is 1. The van der Waals surface area contributed by atoms with Gasteiger partial charge in [0.05, 0.1) is 16.9 Å². The van der Waals surface area contributed by atoms with Gasteiger partial charge in [-0.3, -0.25) is 24.0 Å². The minimum Gasteiger partial charge on any atom is -0.357 e. The van der Waals surface area contributed by atoms with Crippen LogP contribution in [0.1, 0.15) is 24.5 Å². The minimum atomic E-state index is -4.05. The summed E-state index contributed by atoms with van der Waals surface area (Å²) in [5, 5.41) is 14.3. The molecule has 0 saturated carbocycles. The van der Waals surface area contributed by atoms with E-state index in [1.54, 1.807) is 32.0 Å². The third-order valence-electron chi connectivity index (χ3n) is 5.37. The van der Waals surface area contributed by atoms with E-state index in [-0.39, 0.29) is 34.4 Å². The Kier molecular flexibility index (Phi) is 9.47. The van der Waals surface area contributed by atoms with Crippen molar-refractivity contribution < 1.29 is 22.9 Å². The number of anilines is 1.